The van der Waals surface area contributed by atoms with Gasteiger partial charge in [0.15, 0.2) is 11.6 Å². The topological polar surface area (TPSA) is 21.3 Å². The van der Waals surface area contributed by atoms with Crippen LogP contribution in [0.3, 0.4) is 0 Å². The zero-order valence-corrected chi connectivity index (χ0v) is 9.21. The molecule has 1 N–H and O–H groups in total. The monoisotopic (exact) mass is 235 g/mol. The molecule has 0 spiro atoms. The summed E-state index contributed by atoms with van der Waals surface area (Å²) in [6.45, 7) is 0. The SMILES string of the molecule is COc1ccc(Nc2ccc(F)cc2)cc1F. The second-order valence-corrected chi connectivity index (χ2v) is 3.48. The van der Waals surface area contributed by atoms with Crippen molar-refractivity contribution >= 4 is 11.4 Å². The van der Waals surface area contributed by atoms with Crippen LogP contribution >= 0.6 is 0 Å². The predicted octanol–water partition coefficient (Wildman–Crippen LogP) is 3.72. The van der Waals surface area contributed by atoms with Crippen molar-refractivity contribution in [3.8, 4) is 5.75 Å². The first kappa shape index (κ1) is 11.4. The van der Waals surface area contributed by atoms with Crippen molar-refractivity contribution in [1.82, 2.24) is 0 Å². The van der Waals surface area contributed by atoms with Crippen LogP contribution < -0.4 is 10.1 Å². The molecule has 2 aromatic carbocycles. The number of hydrogen-bond donors (Lipinski definition) is 1. The zero-order chi connectivity index (χ0) is 12.3. The largest absolute Gasteiger partial charge is 0.494 e. The molecule has 0 aliphatic rings. The second-order valence-electron chi connectivity index (χ2n) is 3.48. The van der Waals surface area contributed by atoms with E-state index in [-0.39, 0.29) is 11.6 Å². The Bertz CT molecular complexity index is 511. The summed E-state index contributed by atoms with van der Waals surface area (Å²) in [5.41, 5.74) is 1.27. The van der Waals surface area contributed by atoms with Crippen molar-refractivity contribution in [3.63, 3.8) is 0 Å². The van der Waals surface area contributed by atoms with Crippen molar-refractivity contribution in [2.24, 2.45) is 0 Å². The van der Waals surface area contributed by atoms with Gasteiger partial charge in [-0.25, -0.2) is 8.78 Å². The first-order valence-corrected chi connectivity index (χ1v) is 5.05. The van der Waals surface area contributed by atoms with Gasteiger partial charge in [-0.15, -0.1) is 0 Å². The molecule has 0 aliphatic carbocycles. The lowest BCUT2D eigenvalue weighted by Gasteiger charge is -2.08. The van der Waals surface area contributed by atoms with E-state index in [9.17, 15) is 8.78 Å². The highest BCUT2D eigenvalue weighted by Gasteiger charge is 2.03. The van der Waals surface area contributed by atoms with Crippen LogP contribution in [0.2, 0.25) is 0 Å². The molecule has 17 heavy (non-hydrogen) atoms. The highest BCUT2D eigenvalue weighted by molar-refractivity contribution is 5.60. The number of methoxy groups -OCH3 is 1. The molecule has 0 radical (unpaired) electrons. The van der Waals surface area contributed by atoms with Gasteiger partial charge in [-0.2, -0.15) is 0 Å². The molecule has 0 aliphatic heterocycles. The average molecular weight is 235 g/mol. The fourth-order valence-electron chi connectivity index (χ4n) is 1.44. The van der Waals surface area contributed by atoms with Crippen LogP contribution in [0.1, 0.15) is 0 Å². The third kappa shape index (κ3) is 2.72. The van der Waals surface area contributed by atoms with Gasteiger partial charge >= 0.3 is 0 Å². The summed E-state index contributed by atoms with van der Waals surface area (Å²) in [4.78, 5) is 0. The van der Waals surface area contributed by atoms with Gasteiger partial charge in [0.2, 0.25) is 0 Å². The molecule has 0 fully saturated rings. The first-order valence-electron chi connectivity index (χ1n) is 5.05. The highest BCUT2D eigenvalue weighted by atomic mass is 19.1. The van der Waals surface area contributed by atoms with E-state index < -0.39 is 5.82 Å². The van der Waals surface area contributed by atoms with Gasteiger partial charge in [0.25, 0.3) is 0 Å². The van der Waals surface area contributed by atoms with Crippen molar-refractivity contribution in [2.45, 2.75) is 0 Å². The molecule has 2 aromatic rings. The van der Waals surface area contributed by atoms with Gasteiger partial charge in [0, 0.05) is 17.4 Å². The van der Waals surface area contributed by atoms with E-state index in [0.29, 0.717) is 11.4 Å². The number of benzene rings is 2. The minimum Gasteiger partial charge on any atom is -0.494 e. The molecule has 0 aromatic heterocycles. The van der Waals surface area contributed by atoms with E-state index in [4.69, 9.17) is 4.74 Å². The minimum atomic E-state index is -0.445. The normalized spacial score (nSPS) is 10.1. The number of hydrogen-bond acceptors (Lipinski definition) is 2. The lowest BCUT2D eigenvalue weighted by atomic mass is 10.2. The standard InChI is InChI=1S/C13H11F2NO/c1-17-13-7-6-11(8-12(13)15)16-10-4-2-9(14)3-5-10/h2-8,16H,1H3. The number of ether oxygens (including phenoxy) is 1. The van der Waals surface area contributed by atoms with Gasteiger partial charge in [-0.3, -0.25) is 0 Å². The lowest BCUT2D eigenvalue weighted by Crippen LogP contribution is -1.93. The van der Waals surface area contributed by atoms with Crippen LogP contribution in [0.15, 0.2) is 42.5 Å². The Labute approximate surface area is 97.8 Å². The summed E-state index contributed by atoms with van der Waals surface area (Å²) >= 11 is 0. The maximum Gasteiger partial charge on any atom is 0.167 e. The Kier molecular flexibility index (Phi) is 3.23. The van der Waals surface area contributed by atoms with Gasteiger partial charge in [0.05, 0.1) is 7.11 Å². The number of halogens is 2. The highest BCUT2D eigenvalue weighted by Crippen LogP contribution is 2.23. The third-order valence-electron chi connectivity index (χ3n) is 2.28. The molecular formula is C13H11F2NO. The Hall–Kier alpha value is -2.10. The fraction of sp³-hybridized carbons (Fsp3) is 0.0769. The molecule has 0 amide bonds. The molecule has 0 unspecified atom stereocenters. The van der Waals surface area contributed by atoms with E-state index in [1.807, 2.05) is 0 Å². The molecule has 0 bridgehead atoms. The Morgan fingerprint density at radius 3 is 2.18 bits per heavy atom. The van der Waals surface area contributed by atoms with Crippen molar-refractivity contribution in [3.05, 3.63) is 54.1 Å². The number of nitrogens with one attached hydrogen (secondary N) is 1. The van der Waals surface area contributed by atoms with Crippen LogP contribution in [0.4, 0.5) is 20.2 Å². The zero-order valence-electron chi connectivity index (χ0n) is 9.21. The average Bonchev–Trinajstić information content (AvgIpc) is 2.32. The van der Waals surface area contributed by atoms with Gasteiger partial charge in [-0.1, -0.05) is 0 Å². The van der Waals surface area contributed by atoms with E-state index >= 15 is 0 Å². The van der Waals surface area contributed by atoms with Crippen molar-refractivity contribution in [2.75, 3.05) is 12.4 Å². The summed E-state index contributed by atoms with van der Waals surface area (Å²) in [6, 6.07) is 10.4. The van der Waals surface area contributed by atoms with Crippen molar-refractivity contribution in [1.29, 1.82) is 0 Å². The number of anilines is 2. The fourth-order valence-corrected chi connectivity index (χ4v) is 1.44. The maximum atomic E-state index is 13.4. The van der Waals surface area contributed by atoms with Gasteiger partial charge < -0.3 is 10.1 Å². The number of rotatable bonds is 3. The van der Waals surface area contributed by atoms with E-state index in [1.54, 1.807) is 18.2 Å². The molecule has 0 saturated heterocycles. The third-order valence-corrected chi connectivity index (χ3v) is 2.28. The molecule has 0 heterocycles. The summed E-state index contributed by atoms with van der Waals surface area (Å²) < 4.78 is 30.9. The van der Waals surface area contributed by atoms with Crippen LogP contribution in [-0.2, 0) is 0 Å². The maximum absolute atomic E-state index is 13.4. The summed E-state index contributed by atoms with van der Waals surface area (Å²) in [7, 11) is 1.41. The molecular weight excluding hydrogens is 224 g/mol. The lowest BCUT2D eigenvalue weighted by molar-refractivity contribution is 0.386. The van der Waals surface area contributed by atoms with Crippen LogP contribution in [0.5, 0.6) is 5.75 Å². The Morgan fingerprint density at radius 1 is 0.941 bits per heavy atom. The quantitative estimate of drug-likeness (QED) is 0.875. The minimum absolute atomic E-state index is 0.189. The molecule has 0 atom stereocenters. The molecule has 0 saturated carbocycles. The van der Waals surface area contributed by atoms with E-state index in [1.165, 1.54) is 31.4 Å². The van der Waals surface area contributed by atoms with Gasteiger partial charge in [-0.05, 0) is 36.4 Å². The van der Waals surface area contributed by atoms with E-state index in [0.717, 1.165) is 0 Å². The molecule has 2 nitrogen and oxygen atoms in total. The van der Waals surface area contributed by atoms with E-state index in [2.05, 4.69) is 5.32 Å². The summed E-state index contributed by atoms with van der Waals surface area (Å²) in [5.74, 6) is -0.564. The van der Waals surface area contributed by atoms with Gasteiger partial charge in [0.1, 0.15) is 5.82 Å². The van der Waals surface area contributed by atoms with Crippen LogP contribution in [0, 0.1) is 11.6 Å². The summed E-state index contributed by atoms with van der Waals surface area (Å²) in [5, 5.41) is 2.96. The van der Waals surface area contributed by atoms with Crippen LogP contribution in [0.25, 0.3) is 0 Å². The molecule has 4 heteroatoms. The predicted molar refractivity (Wildman–Crippen MR) is 62.6 cm³/mol. The second kappa shape index (κ2) is 4.82. The molecule has 2 rings (SSSR count). The summed E-state index contributed by atoms with van der Waals surface area (Å²) in [6.07, 6.45) is 0. The Morgan fingerprint density at radius 2 is 1.59 bits per heavy atom. The van der Waals surface area contributed by atoms with Crippen LogP contribution in [-0.4, -0.2) is 7.11 Å². The van der Waals surface area contributed by atoms with Crippen molar-refractivity contribution < 1.29 is 13.5 Å². The first-order chi connectivity index (χ1) is 8.19. The Balaban J connectivity index is 2.19. The smallest absolute Gasteiger partial charge is 0.167 e. The molecule has 88 valence electrons.